The summed E-state index contributed by atoms with van der Waals surface area (Å²) in [6, 6.07) is 11.5. The van der Waals surface area contributed by atoms with Gasteiger partial charge in [0.15, 0.2) is 0 Å². The lowest BCUT2D eigenvalue weighted by atomic mass is 9.90. The molecule has 0 aromatic heterocycles. The second-order valence-corrected chi connectivity index (χ2v) is 10.9. The molecule has 0 amide bonds. The van der Waals surface area contributed by atoms with E-state index in [0.29, 0.717) is 24.3 Å². The molecule has 5 nitrogen and oxygen atoms in total. The summed E-state index contributed by atoms with van der Waals surface area (Å²) in [6.45, 7) is 0.545. The molecule has 0 aliphatic heterocycles. The van der Waals surface area contributed by atoms with Gasteiger partial charge in [-0.05, 0) is 67.6 Å². The Hall–Kier alpha value is -2.10. The van der Waals surface area contributed by atoms with Gasteiger partial charge in [0.1, 0.15) is 12.4 Å². The van der Waals surface area contributed by atoms with Crippen LogP contribution in [0.4, 0.5) is 13.2 Å². The van der Waals surface area contributed by atoms with Crippen LogP contribution < -0.4 is 10.1 Å². The van der Waals surface area contributed by atoms with Crippen LogP contribution in [0.2, 0.25) is 0 Å². The standard InChI is InChI=1S/C24H29F3N2O3S/c1-28-23-14-17-6-9-20(32-11-10-29(19-7-8-19)33(2,30)31)15-21(17)22(23)13-16-4-3-5-18(12-16)24(25,26)27/h3-6,9,12,15,19,22-23,28H,7-8,10-11,13-14H2,1-2H3. The van der Waals surface area contributed by atoms with Crippen LogP contribution in [0.15, 0.2) is 42.5 Å². The number of hydrogen-bond acceptors (Lipinski definition) is 4. The van der Waals surface area contributed by atoms with Crippen LogP contribution in [-0.2, 0) is 29.0 Å². The number of benzene rings is 2. The number of fused-ring (bicyclic) bond motifs is 1. The third-order valence-corrected chi connectivity index (χ3v) is 7.82. The van der Waals surface area contributed by atoms with Gasteiger partial charge in [0, 0.05) is 24.5 Å². The second-order valence-electron chi connectivity index (χ2n) is 8.92. The predicted molar refractivity (Wildman–Crippen MR) is 121 cm³/mol. The van der Waals surface area contributed by atoms with E-state index < -0.39 is 21.8 Å². The molecule has 1 saturated carbocycles. The number of hydrogen-bond donors (Lipinski definition) is 1. The largest absolute Gasteiger partial charge is 0.492 e. The fourth-order valence-electron chi connectivity index (χ4n) is 4.71. The molecule has 2 aromatic carbocycles. The maximum Gasteiger partial charge on any atom is 0.416 e. The Balaban J connectivity index is 1.48. The van der Waals surface area contributed by atoms with Crippen LogP contribution in [0.5, 0.6) is 5.75 Å². The first-order valence-electron chi connectivity index (χ1n) is 11.1. The minimum Gasteiger partial charge on any atom is -0.492 e. The monoisotopic (exact) mass is 482 g/mol. The van der Waals surface area contributed by atoms with Crippen molar-refractivity contribution in [2.24, 2.45) is 0 Å². The van der Waals surface area contributed by atoms with Gasteiger partial charge in [-0.25, -0.2) is 8.42 Å². The highest BCUT2D eigenvalue weighted by molar-refractivity contribution is 7.88. The molecule has 2 aliphatic rings. The van der Waals surface area contributed by atoms with Gasteiger partial charge in [-0.3, -0.25) is 0 Å². The Morgan fingerprint density at radius 2 is 1.91 bits per heavy atom. The molecule has 0 saturated heterocycles. The summed E-state index contributed by atoms with van der Waals surface area (Å²) < 4.78 is 70.8. The highest BCUT2D eigenvalue weighted by atomic mass is 32.2. The first-order valence-corrected chi connectivity index (χ1v) is 13.0. The third-order valence-electron chi connectivity index (χ3n) is 6.48. The average Bonchev–Trinajstić information content (AvgIpc) is 3.52. The molecule has 0 bridgehead atoms. The van der Waals surface area contributed by atoms with Gasteiger partial charge in [0.25, 0.3) is 0 Å². The maximum atomic E-state index is 13.1. The Bertz CT molecular complexity index is 1100. The van der Waals surface area contributed by atoms with Crippen LogP contribution in [0.1, 0.15) is 41.0 Å². The summed E-state index contributed by atoms with van der Waals surface area (Å²) in [4.78, 5) is 0. The SMILES string of the molecule is CNC1Cc2ccc(OCCN(C3CC3)S(C)(=O)=O)cc2C1Cc1cccc(C(F)(F)F)c1. The topological polar surface area (TPSA) is 58.6 Å². The van der Waals surface area contributed by atoms with E-state index >= 15 is 0 Å². The predicted octanol–water partition coefficient (Wildman–Crippen LogP) is 3.98. The molecule has 33 heavy (non-hydrogen) atoms. The first kappa shape index (κ1) is 24.0. The third kappa shape index (κ3) is 5.70. The molecule has 4 rings (SSSR count). The quantitative estimate of drug-likeness (QED) is 0.588. The Morgan fingerprint density at radius 1 is 1.15 bits per heavy atom. The molecule has 2 aliphatic carbocycles. The highest BCUT2D eigenvalue weighted by Gasteiger charge is 2.35. The normalized spacial score (nSPS) is 20.8. The van der Waals surface area contributed by atoms with Gasteiger partial charge in [-0.2, -0.15) is 17.5 Å². The molecule has 1 N–H and O–H groups in total. The molecule has 0 spiro atoms. The van der Waals surface area contributed by atoms with Crippen LogP contribution in [0, 0.1) is 0 Å². The Morgan fingerprint density at radius 3 is 2.55 bits per heavy atom. The highest BCUT2D eigenvalue weighted by Crippen LogP contribution is 2.39. The lowest BCUT2D eigenvalue weighted by Gasteiger charge is -2.21. The number of nitrogens with one attached hydrogen (secondary N) is 1. The Kier molecular flexibility index (Phi) is 6.75. The molecular weight excluding hydrogens is 453 g/mol. The number of likely N-dealkylation sites (N-methyl/N-ethyl adjacent to an activating group) is 1. The zero-order valence-corrected chi connectivity index (χ0v) is 19.5. The number of sulfonamides is 1. The summed E-state index contributed by atoms with van der Waals surface area (Å²) in [7, 11) is -1.40. The molecule has 180 valence electrons. The van der Waals surface area contributed by atoms with E-state index in [1.54, 1.807) is 6.07 Å². The molecular formula is C24H29F3N2O3S. The van der Waals surface area contributed by atoms with E-state index in [0.717, 1.165) is 36.5 Å². The van der Waals surface area contributed by atoms with Crippen LogP contribution >= 0.6 is 0 Å². The molecule has 2 unspecified atom stereocenters. The van der Waals surface area contributed by atoms with Gasteiger partial charge >= 0.3 is 6.18 Å². The van der Waals surface area contributed by atoms with Crippen molar-refractivity contribution in [2.45, 2.75) is 49.9 Å². The van der Waals surface area contributed by atoms with E-state index in [4.69, 9.17) is 4.74 Å². The van der Waals surface area contributed by atoms with Crippen molar-refractivity contribution in [1.29, 1.82) is 0 Å². The van der Waals surface area contributed by atoms with Gasteiger partial charge in [-0.15, -0.1) is 0 Å². The van der Waals surface area contributed by atoms with Crippen molar-refractivity contribution < 1.29 is 26.3 Å². The average molecular weight is 483 g/mol. The van der Waals surface area contributed by atoms with Crippen molar-refractivity contribution >= 4 is 10.0 Å². The van der Waals surface area contributed by atoms with Crippen molar-refractivity contribution in [1.82, 2.24) is 9.62 Å². The summed E-state index contributed by atoms with van der Waals surface area (Å²) in [5, 5.41) is 3.30. The first-order chi connectivity index (χ1) is 15.6. The molecule has 1 fully saturated rings. The molecule has 2 aromatic rings. The van der Waals surface area contributed by atoms with E-state index in [1.165, 1.54) is 22.7 Å². The minimum atomic E-state index is -4.37. The summed E-state index contributed by atoms with van der Waals surface area (Å²) >= 11 is 0. The van der Waals surface area contributed by atoms with E-state index in [2.05, 4.69) is 5.32 Å². The molecule has 2 atom stereocenters. The number of nitrogens with zero attached hydrogens (tertiary/aromatic N) is 1. The lowest BCUT2D eigenvalue weighted by molar-refractivity contribution is -0.137. The molecule has 0 heterocycles. The number of ether oxygens (including phenoxy) is 1. The minimum absolute atomic E-state index is 0.0102. The van der Waals surface area contributed by atoms with Crippen molar-refractivity contribution in [2.75, 3.05) is 26.5 Å². The number of rotatable bonds is 9. The van der Waals surface area contributed by atoms with Gasteiger partial charge in [-0.1, -0.05) is 24.3 Å². The van der Waals surface area contributed by atoms with Crippen molar-refractivity contribution in [3.8, 4) is 5.75 Å². The summed E-state index contributed by atoms with van der Waals surface area (Å²) in [5.74, 6) is 0.653. The van der Waals surface area contributed by atoms with E-state index in [1.807, 2.05) is 25.2 Å². The van der Waals surface area contributed by atoms with Crippen LogP contribution in [-0.4, -0.2) is 51.3 Å². The van der Waals surface area contributed by atoms with Crippen molar-refractivity contribution in [3.05, 3.63) is 64.7 Å². The van der Waals surface area contributed by atoms with E-state index in [9.17, 15) is 21.6 Å². The zero-order valence-electron chi connectivity index (χ0n) is 18.7. The van der Waals surface area contributed by atoms with Gasteiger partial charge in [0.05, 0.1) is 11.8 Å². The maximum absolute atomic E-state index is 13.1. The molecule has 9 heteroatoms. The number of halogens is 3. The fourth-order valence-corrected chi connectivity index (χ4v) is 5.87. The van der Waals surface area contributed by atoms with Crippen LogP contribution in [0.3, 0.4) is 0 Å². The zero-order chi connectivity index (χ0) is 23.8. The smallest absolute Gasteiger partial charge is 0.416 e. The van der Waals surface area contributed by atoms with Crippen LogP contribution in [0.25, 0.3) is 0 Å². The summed E-state index contributed by atoms with van der Waals surface area (Å²) in [6.07, 6.45) is -0.109. The Labute approximate surface area is 193 Å². The van der Waals surface area contributed by atoms with E-state index in [-0.39, 0.29) is 24.6 Å². The lowest BCUT2D eigenvalue weighted by Crippen LogP contribution is -2.35. The van der Waals surface area contributed by atoms with Gasteiger partial charge in [0.2, 0.25) is 10.0 Å². The van der Waals surface area contributed by atoms with Crippen molar-refractivity contribution in [3.63, 3.8) is 0 Å². The summed E-state index contributed by atoms with van der Waals surface area (Å²) in [5.41, 5.74) is 2.21. The fraction of sp³-hybridized carbons (Fsp3) is 0.500. The van der Waals surface area contributed by atoms with Gasteiger partial charge < -0.3 is 10.1 Å². The second kappa shape index (κ2) is 9.27. The molecule has 0 radical (unpaired) electrons. The number of alkyl halides is 3.